The minimum Gasteiger partial charge on any atom is -0.292 e. The van der Waals surface area contributed by atoms with Gasteiger partial charge >= 0.3 is 0 Å². The van der Waals surface area contributed by atoms with Gasteiger partial charge in [0.2, 0.25) is 0 Å². The van der Waals surface area contributed by atoms with Crippen molar-refractivity contribution in [2.45, 2.75) is 19.3 Å². The summed E-state index contributed by atoms with van der Waals surface area (Å²) in [6.07, 6.45) is 2.98. The Kier molecular flexibility index (Phi) is 4.65. The molecule has 0 aliphatic heterocycles. The van der Waals surface area contributed by atoms with E-state index in [1.165, 1.54) is 99.6 Å². The summed E-state index contributed by atoms with van der Waals surface area (Å²) in [7, 11) is 0. The van der Waals surface area contributed by atoms with Gasteiger partial charge in [-0.3, -0.25) is 4.40 Å². The number of benzene rings is 7. The molecule has 7 aromatic carbocycles. The molecule has 2 nitrogen and oxygen atoms in total. The first-order chi connectivity index (χ1) is 23.8. The molecule has 0 radical (unpaired) electrons. The summed E-state index contributed by atoms with van der Waals surface area (Å²) in [4.78, 5) is 5.16. The van der Waals surface area contributed by atoms with Crippen LogP contribution in [0.1, 0.15) is 33.4 Å². The molecule has 3 aliphatic carbocycles. The van der Waals surface area contributed by atoms with E-state index in [-0.39, 0.29) is 0 Å². The van der Waals surface area contributed by atoms with Crippen LogP contribution in [0.5, 0.6) is 0 Å². The van der Waals surface area contributed by atoms with Crippen LogP contribution in [0.3, 0.4) is 0 Å². The predicted octanol–water partition coefficient (Wildman–Crippen LogP) is 11.2. The van der Waals surface area contributed by atoms with Crippen molar-refractivity contribution in [2.75, 3.05) is 0 Å². The van der Waals surface area contributed by atoms with E-state index < -0.39 is 0 Å². The number of imidazole rings is 1. The molecule has 0 N–H and O–H groups in total. The van der Waals surface area contributed by atoms with Crippen molar-refractivity contribution >= 4 is 38.4 Å². The van der Waals surface area contributed by atoms with E-state index in [0.29, 0.717) is 0 Å². The van der Waals surface area contributed by atoms with Gasteiger partial charge in [-0.2, -0.15) is 0 Å². The Morgan fingerprint density at radius 3 is 1.98 bits per heavy atom. The first-order valence-corrected chi connectivity index (χ1v) is 17.0. The summed E-state index contributed by atoms with van der Waals surface area (Å²) in [6.45, 7) is 0. The normalized spacial score (nSPS) is 13.6. The average Bonchev–Trinajstić information content (AvgIpc) is 3.90. The minimum absolute atomic E-state index is 0.973. The molecule has 2 aromatic heterocycles. The van der Waals surface area contributed by atoms with Crippen LogP contribution in [0.4, 0.5) is 0 Å². The smallest absolute Gasteiger partial charge is 0.146 e. The molecular formula is C46H28N2. The van der Waals surface area contributed by atoms with Crippen LogP contribution in [0.15, 0.2) is 133 Å². The Balaban J connectivity index is 1.17. The number of nitrogens with zero attached hydrogens (tertiary/aromatic N) is 2. The Hall–Kier alpha value is -5.99. The van der Waals surface area contributed by atoms with Crippen LogP contribution in [0, 0.1) is 0 Å². The van der Waals surface area contributed by atoms with Crippen molar-refractivity contribution in [1.82, 2.24) is 9.38 Å². The van der Waals surface area contributed by atoms with Crippen LogP contribution in [0.25, 0.3) is 82.9 Å². The number of rotatable bonds is 1. The fraction of sp³-hybridized carbons (Fsp3) is 0.0652. The van der Waals surface area contributed by atoms with E-state index in [1.807, 2.05) is 0 Å². The molecular weight excluding hydrogens is 581 g/mol. The average molecular weight is 609 g/mol. The number of hydrogen-bond acceptors (Lipinski definition) is 1. The van der Waals surface area contributed by atoms with Gasteiger partial charge in [-0.05, 0) is 127 Å². The molecule has 12 rings (SSSR count). The molecule has 0 bridgehead atoms. The molecule has 2 heterocycles. The highest BCUT2D eigenvalue weighted by Gasteiger charge is 2.35. The molecule has 0 saturated heterocycles. The third-order valence-electron chi connectivity index (χ3n) is 11.4. The number of pyridine rings is 1. The molecule has 9 aromatic rings. The summed E-state index contributed by atoms with van der Waals surface area (Å²) in [5, 5.41) is 3.69. The van der Waals surface area contributed by atoms with E-state index in [2.05, 4.69) is 138 Å². The van der Waals surface area contributed by atoms with Crippen molar-refractivity contribution in [3.05, 3.63) is 167 Å². The lowest BCUT2D eigenvalue weighted by Crippen LogP contribution is -1.96. The van der Waals surface area contributed by atoms with Crippen molar-refractivity contribution < 1.29 is 0 Å². The van der Waals surface area contributed by atoms with Gasteiger partial charge in [0.25, 0.3) is 0 Å². The minimum atomic E-state index is 0.973. The summed E-state index contributed by atoms with van der Waals surface area (Å²) in [5.41, 5.74) is 24.4. The maximum atomic E-state index is 5.16. The SMILES string of the molecule is c1ccc2c(c1)Cc1c3c(cc(-c4ccc5c6ccccc6c6nc7ccccc7n6c5c4)c1-2)Cc1ccc2c(c1-3)-c1ccccc1C2. The summed E-state index contributed by atoms with van der Waals surface area (Å²) >= 11 is 0. The molecule has 0 fully saturated rings. The maximum Gasteiger partial charge on any atom is 0.146 e. The second kappa shape index (κ2) is 8.87. The Morgan fingerprint density at radius 2 is 1.10 bits per heavy atom. The Bertz CT molecular complexity index is 2920. The highest BCUT2D eigenvalue weighted by molar-refractivity contribution is 6.15. The summed E-state index contributed by atoms with van der Waals surface area (Å²) in [5.74, 6) is 0. The molecule has 2 heteroatoms. The zero-order valence-corrected chi connectivity index (χ0v) is 26.2. The number of hydrogen-bond donors (Lipinski definition) is 0. The third kappa shape index (κ3) is 3.11. The van der Waals surface area contributed by atoms with Gasteiger partial charge in [0.15, 0.2) is 0 Å². The second-order valence-corrected chi connectivity index (χ2v) is 13.8. The predicted molar refractivity (Wildman–Crippen MR) is 198 cm³/mol. The number of para-hydroxylation sites is 2. The van der Waals surface area contributed by atoms with Gasteiger partial charge in [0.1, 0.15) is 5.65 Å². The zero-order chi connectivity index (χ0) is 31.1. The fourth-order valence-corrected chi connectivity index (χ4v) is 9.45. The Morgan fingerprint density at radius 1 is 0.417 bits per heavy atom. The molecule has 3 aliphatic rings. The third-order valence-corrected chi connectivity index (χ3v) is 11.4. The van der Waals surface area contributed by atoms with Crippen LogP contribution >= 0.6 is 0 Å². The monoisotopic (exact) mass is 608 g/mol. The van der Waals surface area contributed by atoms with Crippen LogP contribution in [-0.2, 0) is 19.3 Å². The molecule has 0 spiro atoms. The molecule has 0 amide bonds. The lowest BCUT2D eigenvalue weighted by molar-refractivity contribution is 1.23. The van der Waals surface area contributed by atoms with Gasteiger partial charge in [-0.15, -0.1) is 0 Å². The van der Waals surface area contributed by atoms with Crippen LogP contribution in [0.2, 0.25) is 0 Å². The van der Waals surface area contributed by atoms with Crippen molar-refractivity contribution in [1.29, 1.82) is 0 Å². The van der Waals surface area contributed by atoms with Crippen LogP contribution < -0.4 is 0 Å². The van der Waals surface area contributed by atoms with Gasteiger partial charge in [0, 0.05) is 10.8 Å². The van der Waals surface area contributed by atoms with Crippen molar-refractivity contribution in [3.8, 4) is 44.5 Å². The molecule has 0 unspecified atom stereocenters. The molecule has 222 valence electrons. The molecule has 0 saturated carbocycles. The summed E-state index contributed by atoms with van der Waals surface area (Å²) < 4.78 is 2.38. The lowest BCUT2D eigenvalue weighted by atomic mass is 9.86. The van der Waals surface area contributed by atoms with Crippen molar-refractivity contribution in [2.24, 2.45) is 0 Å². The van der Waals surface area contributed by atoms with E-state index in [4.69, 9.17) is 4.98 Å². The summed E-state index contributed by atoms with van der Waals surface area (Å²) in [6, 6.07) is 49.9. The molecule has 0 atom stereocenters. The van der Waals surface area contributed by atoms with E-state index in [1.54, 1.807) is 0 Å². The van der Waals surface area contributed by atoms with E-state index >= 15 is 0 Å². The largest absolute Gasteiger partial charge is 0.292 e. The van der Waals surface area contributed by atoms with Gasteiger partial charge in [0.05, 0.1) is 16.6 Å². The first kappa shape index (κ1) is 25.1. The highest BCUT2D eigenvalue weighted by atomic mass is 15.0. The standard InChI is InChI=1S/C46H28N2/c1-3-11-32-26(9-1)21-29-17-18-30-22-31-24-37(45-33-12-4-2-10-27(33)23-38(45)43(31)44(30)42(29)32)28-19-20-35-34-13-5-6-14-36(34)46-47-39-15-7-8-16-40(39)48(46)41(35)25-28/h1-20,24-25H,21-23H2. The highest BCUT2D eigenvalue weighted by Crippen LogP contribution is 2.56. The van der Waals surface area contributed by atoms with Crippen LogP contribution in [-0.4, -0.2) is 9.38 Å². The van der Waals surface area contributed by atoms with Gasteiger partial charge in [-0.25, -0.2) is 4.98 Å². The van der Waals surface area contributed by atoms with E-state index in [0.717, 1.165) is 35.9 Å². The van der Waals surface area contributed by atoms with Gasteiger partial charge < -0.3 is 0 Å². The first-order valence-electron chi connectivity index (χ1n) is 17.0. The fourth-order valence-electron chi connectivity index (χ4n) is 9.45. The number of aromatic nitrogens is 2. The van der Waals surface area contributed by atoms with Gasteiger partial charge in [-0.1, -0.05) is 109 Å². The number of fused-ring (bicyclic) bond motifs is 19. The topological polar surface area (TPSA) is 17.3 Å². The molecule has 48 heavy (non-hydrogen) atoms. The van der Waals surface area contributed by atoms with E-state index in [9.17, 15) is 0 Å². The maximum absolute atomic E-state index is 5.16. The second-order valence-electron chi connectivity index (χ2n) is 13.8. The zero-order valence-electron chi connectivity index (χ0n) is 26.2. The Labute approximate surface area is 277 Å². The quantitative estimate of drug-likeness (QED) is 0.170. The van der Waals surface area contributed by atoms with Crippen molar-refractivity contribution in [3.63, 3.8) is 0 Å². The lowest BCUT2D eigenvalue weighted by Gasteiger charge is -2.18.